The van der Waals surface area contributed by atoms with Gasteiger partial charge in [-0.05, 0) is 42.3 Å². The highest BCUT2D eigenvalue weighted by Crippen LogP contribution is 2.22. The van der Waals surface area contributed by atoms with Gasteiger partial charge in [-0.25, -0.2) is 0 Å². The SMILES string of the molecule is CCCNC(CN1CCc2ccccc2CC1)C(C)(C)C. The van der Waals surface area contributed by atoms with Gasteiger partial charge in [-0.1, -0.05) is 52.0 Å². The van der Waals surface area contributed by atoms with Crippen molar-refractivity contribution in [3.8, 4) is 0 Å². The maximum absolute atomic E-state index is 3.76. The predicted octanol–water partition coefficient (Wildman–Crippen LogP) is 3.50. The Morgan fingerprint density at radius 2 is 1.67 bits per heavy atom. The zero-order valence-electron chi connectivity index (χ0n) is 14.3. The third kappa shape index (κ3) is 4.82. The van der Waals surface area contributed by atoms with Crippen molar-refractivity contribution in [1.82, 2.24) is 10.2 Å². The minimum atomic E-state index is 0.314. The van der Waals surface area contributed by atoms with Gasteiger partial charge >= 0.3 is 0 Å². The van der Waals surface area contributed by atoms with Crippen LogP contribution in [0.1, 0.15) is 45.2 Å². The molecule has 0 bridgehead atoms. The fourth-order valence-electron chi connectivity index (χ4n) is 3.12. The number of rotatable bonds is 5. The maximum atomic E-state index is 3.76. The van der Waals surface area contributed by atoms with Gasteiger partial charge in [0.1, 0.15) is 0 Å². The molecule has 2 heteroatoms. The first-order valence-electron chi connectivity index (χ1n) is 8.53. The lowest BCUT2D eigenvalue weighted by Gasteiger charge is -2.36. The molecule has 0 aliphatic carbocycles. The Hall–Kier alpha value is -0.860. The van der Waals surface area contributed by atoms with Gasteiger partial charge in [-0.15, -0.1) is 0 Å². The third-order valence-corrected chi connectivity index (χ3v) is 4.64. The van der Waals surface area contributed by atoms with Crippen molar-refractivity contribution in [2.45, 2.75) is 53.0 Å². The van der Waals surface area contributed by atoms with E-state index >= 15 is 0 Å². The van der Waals surface area contributed by atoms with E-state index in [9.17, 15) is 0 Å². The fourth-order valence-corrected chi connectivity index (χ4v) is 3.12. The summed E-state index contributed by atoms with van der Waals surface area (Å²) < 4.78 is 0. The van der Waals surface area contributed by atoms with Crippen molar-refractivity contribution in [3.63, 3.8) is 0 Å². The fraction of sp³-hybridized carbons (Fsp3) is 0.684. The van der Waals surface area contributed by atoms with E-state index < -0.39 is 0 Å². The van der Waals surface area contributed by atoms with Crippen LogP contribution < -0.4 is 5.32 Å². The van der Waals surface area contributed by atoms with Crippen LogP contribution in [0.3, 0.4) is 0 Å². The van der Waals surface area contributed by atoms with Crippen LogP contribution in [0.5, 0.6) is 0 Å². The molecule has 0 saturated carbocycles. The highest BCUT2D eigenvalue weighted by molar-refractivity contribution is 5.28. The number of nitrogens with one attached hydrogen (secondary N) is 1. The van der Waals surface area contributed by atoms with E-state index in [1.54, 1.807) is 11.1 Å². The molecular formula is C19H32N2. The normalized spacial score (nSPS) is 18.1. The molecule has 1 aliphatic rings. The van der Waals surface area contributed by atoms with Crippen LogP contribution in [0.15, 0.2) is 24.3 Å². The van der Waals surface area contributed by atoms with Gasteiger partial charge in [-0.2, -0.15) is 0 Å². The van der Waals surface area contributed by atoms with Gasteiger partial charge in [0.05, 0.1) is 0 Å². The first-order valence-corrected chi connectivity index (χ1v) is 8.53. The molecule has 1 unspecified atom stereocenters. The molecule has 0 amide bonds. The zero-order chi connectivity index (χ0) is 15.3. The van der Waals surface area contributed by atoms with Gasteiger partial charge in [0.15, 0.2) is 0 Å². The average Bonchev–Trinajstić information content (AvgIpc) is 2.65. The summed E-state index contributed by atoms with van der Waals surface area (Å²) >= 11 is 0. The average molecular weight is 288 g/mol. The first kappa shape index (κ1) is 16.5. The molecule has 118 valence electrons. The van der Waals surface area contributed by atoms with E-state index in [1.165, 1.54) is 32.4 Å². The van der Waals surface area contributed by atoms with Crippen LogP contribution in [0, 0.1) is 5.41 Å². The lowest BCUT2D eigenvalue weighted by Crippen LogP contribution is -2.49. The van der Waals surface area contributed by atoms with Gasteiger partial charge in [0, 0.05) is 25.7 Å². The van der Waals surface area contributed by atoms with Gasteiger partial charge < -0.3 is 10.2 Å². The Bertz CT molecular complexity index is 406. The third-order valence-electron chi connectivity index (χ3n) is 4.64. The molecule has 0 saturated heterocycles. The van der Waals surface area contributed by atoms with Crippen molar-refractivity contribution in [2.75, 3.05) is 26.2 Å². The molecule has 21 heavy (non-hydrogen) atoms. The second kappa shape index (κ2) is 7.42. The summed E-state index contributed by atoms with van der Waals surface area (Å²) in [5.41, 5.74) is 3.41. The van der Waals surface area contributed by atoms with E-state index in [0.29, 0.717) is 11.5 Å². The quantitative estimate of drug-likeness (QED) is 0.892. The van der Waals surface area contributed by atoms with Gasteiger partial charge in [-0.3, -0.25) is 0 Å². The first-order chi connectivity index (χ1) is 10.0. The molecule has 0 fully saturated rings. The van der Waals surface area contributed by atoms with Gasteiger partial charge in [0.25, 0.3) is 0 Å². The second-order valence-corrected chi connectivity index (χ2v) is 7.44. The van der Waals surface area contributed by atoms with Crippen molar-refractivity contribution < 1.29 is 0 Å². The molecule has 1 heterocycles. The van der Waals surface area contributed by atoms with E-state index in [1.807, 2.05) is 0 Å². The lowest BCUT2D eigenvalue weighted by atomic mass is 9.86. The number of hydrogen-bond acceptors (Lipinski definition) is 2. The molecule has 2 nitrogen and oxygen atoms in total. The van der Waals surface area contributed by atoms with Crippen molar-refractivity contribution in [3.05, 3.63) is 35.4 Å². The minimum absolute atomic E-state index is 0.314. The van der Waals surface area contributed by atoms with Crippen LogP contribution in [0.4, 0.5) is 0 Å². The lowest BCUT2D eigenvalue weighted by molar-refractivity contribution is 0.177. The van der Waals surface area contributed by atoms with Crippen LogP contribution >= 0.6 is 0 Å². The molecule has 1 aromatic rings. The van der Waals surface area contributed by atoms with Crippen LogP contribution in [0.25, 0.3) is 0 Å². The largest absolute Gasteiger partial charge is 0.312 e. The monoisotopic (exact) mass is 288 g/mol. The number of benzene rings is 1. The van der Waals surface area contributed by atoms with Crippen molar-refractivity contribution >= 4 is 0 Å². The molecule has 2 rings (SSSR count). The topological polar surface area (TPSA) is 15.3 Å². The summed E-state index contributed by atoms with van der Waals surface area (Å²) in [5.74, 6) is 0. The molecular weight excluding hydrogens is 256 g/mol. The smallest absolute Gasteiger partial charge is 0.0243 e. The van der Waals surface area contributed by atoms with Gasteiger partial charge in [0.2, 0.25) is 0 Å². The second-order valence-electron chi connectivity index (χ2n) is 7.44. The highest BCUT2D eigenvalue weighted by atomic mass is 15.2. The molecule has 1 aromatic carbocycles. The van der Waals surface area contributed by atoms with Crippen molar-refractivity contribution in [1.29, 1.82) is 0 Å². The molecule has 0 spiro atoms. The Morgan fingerprint density at radius 1 is 1.10 bits per heavy atom. The summed E-state index contributed by atoms with van der Waals surface area (Å²) in [4.78, 5) is 2.65. The Balaban J connectivity index is 1.96. The van der Waals surface area contributed by atoms with Crippen molar-refractivity contribution in [2.24, 2.45) is 5.41 Å². The Labute approximate surface area is 130 Å². The molecule has 1 atom stereocenters. The summed E-state index contributed by atoms with van der Waals surface area (Å²) in [6.07, 6.45) is 3.60. The Morgan fingerprint density at radius 3 is 2.14 bits per heavy atom. The Kier molecular flexibility index (Phi) is 5.83. The van der Waals surface area contributed by atoms with E-state index in [2.05, 4.69) is 62.2 Å². The predicted molar refractivity (Wildman–Crippen MR) is 91.8 cm³/mol. The zero-order valence-corrected chi connectivity index (χ0v) is 14.3. The summed E-state index contributed by atoms with van der Waals surface area (Å²) in [6.45, 7) is 14.0. The van der Waals surface area contributed by atoms with Crippen LogP contribution in [-0.2, 0) is 12.8 Å². The van der Waals surface area contributed by atoms with Crippen LogP contribution in [-0.4, -0.2) is 37.1 Å². The molecule has 0 radical (unpaired) electrons. The van der Waals surface area contributed by atoms with E-state index in [-0.39, 0.29) is 0 Å². The molecule has 1 N–H and O–H groups in total. The standard InChI is InChI=1S/C19H32N2/c1-5-12-20-18(19(2,3)4)15-21-13-10-16-8-6-7-9-17(16)11-14-21/h6-9,18,20H,5,10-15H2,1-4H3. The van der Waals surface area contributed by atoms with Crippen LogP contribution in [0.2, 0.25) is 0 Å². The summed E-state index contributed by atoms with van der Waals surface area (Å²) in [5, 5.41) is 3.76. The highest BCUT2D eigenvalue weighted by Gasteiger charge is 2.26. The summed E-state index contributed by atoms with van der Waals surface area (Å²) in [6, 6.07) is 9.52. The molecule has 0 aromatic heterocycles. The number of hydrogen-bond donors (Lipinski definition) is 1. The molecule has 1 aliphatic heterocycles. The maximum Gasteiger partial charge on any atom is 0.0243 e. The number of fused-ring (bicyclic) bond motifs is 1. The van der Waals surface area contributed by atoms with E-state index in [4.69, 9.17) is 0 Å². The number of nitrogens with zero attached hydrogens (tertiary/aromatic N) is 1. The minimum Gasteiger partial charge on any atom is -0.312 e. The van der Waals surface area contributed by atoms with E-state index in [0.717, 1.165) is 13.1 Å². The summed E-state index contributed by atoms with van der Waals surface area (Å²) in [7, 11) is 0.